The van der Waals surface area contributed by atoms with E-state index in [1.54, 1.807) is 16.8 Å². The van der Waals surface area contributed by atoms with Crippen LogP contribution >= 0.6 is 0 Å². The van der Waals surface area contributed by atoms with E-state index in [9.17, 15) is 14.0 Å². The van der Waals surface area contributed by atoms with Gasteiger partial charge in [0.05, 0.1) is 5.69 Å². The number of esters is 1. The Balaban J connectivity index is 1.46. The fraction of sp³-hybridized carbons (Fsp3) is 0.522. The van der Waals surface area contributed by atoms with Crippen LogP contribution in [0, 0.1) is 11.7 Å². The molecule has 0 spiro atoms. The molecule has 1 aromatic carbocycles. The Morgan fingerprint density at radius 1 is 1.13 bits per heavy atom. The number of halogens is 1. The van der Waals surface area contributed by atoms with Gasteiger partial charge in [-0.1, -0.05) is 19.8 Å². The van der Waals surface area contributed by atoms with Crippen LogP contribution in [0.25, 0.3) is 5.69 Å². The van der Waals surface area contributed by atoms with Gasteiger partial charge in [-0.3, -0.25) is 4.79 Å². The minimum atomic E-state index is -0.583. The first-order valence-corrected chi connectivity index (χ1v) is 10.9. The summed E-state index contributed by atoms with van der Waals surface area (Å²) in [7, 11) is 0. The summed E-state index contributed by atoms with van der Waals surface area (Å²) >= 11 is 0. The summed E-state index contributed by atoms with van der Waals surface area (Å²) in [5.74, 6) is -0.732. The predicted octanol–water partition coefficient (Wildman–Crippen LogP) is 3.74. The summed E-state index contributed by atoms with van der Waals surface area (Å²) in [5, 5.41) is 7.48. The molecule has 0 saturated heterocycles. The van der Waals surface area contributed by atoms with Gasteiger partial charge in [0.1, 0.15) is 5.82 Å². The van der Waals surface area contributed by atoms with Crippen LogP contribution < -0.4 is 5.32 Å². The Kier molecular flexibility index (Phi) is 6.16. The lowest BCUT2D eigenvalue weighted by molar-refractivity contribution is -0.125. The summed E-state index contributed by atoms with van der Waals surface area (Å²) < 4.78 is 20.3. The maximum Gasteiger partial charge on any atom is 0.359 e. The summed E-state index contributed by atoms with van der Waals surface area (Å²) in [6.45, 7) is 1.84. The summed E-state index contributed by atoms with van der Waals surface area (Å²) in [5.41, 5.74) is 2.79. The minimum Gasteiger partial charge on any atom is -0.451 e. The highest BCUT2D eigenvalue weighted by Crippen LogP contribution is 2.28. The number of rotatable bonds is 5. The van der Waals surface area contributed by atoms with Crippen LogP contribution in [0.3, 0.4) is 0 Å². The van der Waals surface area contributed by atoms with E-state index in [-0.39, 0.29) is 30.1 Å². The van der Waals surface area contributed by atoms with Gasteiger partial charge in [-0.25, -0.2) is 13.9 Å². The second-order valence-electron chi connectivity index (χ2n) is 8.38. The Bertz CT molecular complexity index is 923. The molecule has 2 aliphatic rings. The van der Waals surface area contributed by atoms with Crippen molar-refractivity contribution < 1.29 is 18.7 Å². The highest BCUT2D eigenvalue weighted by atomic mass is 19.1. The molecule has 30 heavy (non-hydrogen) atoms. The van der Waals surface area contributed by atoms with E-state index in [0.29, 0.717) is 11.6 Å². The molecule has 0 aliphatic heterocycles. The first kappa shape index (κ1) is 20.6. The van der Waals surface area contributed by atoms with Crippen LogP contribution in [0.4, 0.5) is 4.39 Å². The minimum absolute atomic E-state index is 0.149. The molecular formula is C23H28FN3O3. The predicted molar refractivity (Wildman–Crippen MR) is 110 cm³/mol. The third-order valence-corrected chi connectivity index (χ3v) is 6.24. The standard InChI is InChI=1S/C23H28FN3O3/c1-15-6-2-4-8-19(15)25-21(28)14-30-23(29)22-18-7-3-5-9-20(18)27(26-22)17-12-10-16(24)11-13-17/h10-13,15,19H,2-9,14H2,1H3,(H,25,28). The number of hydrogen-bond acceptors (Lipinski definition) is 4. The third kappa shape index (κ3) is 4.40. The van der Waals surface area contributed by atoms with Gasteiger partial charge in [-0.15, -0.1) is 0 Å². The fourth-order valence-corrected chi connectivity index (χ4v) is 4.54. The molecule has 7 heteroatoms. The molecule has 4 rings (SSSR count). The van der Waals surface area contributed by atoms with E-state index in [1.807, 2.05) is 0 Å². The number of carbonyl (C=O) groups is 2. The number of hydrogen-bond donors (Lipinski definition) is 1. The summed E-state index contributed by atoms with van der Waals surface area (Å²) in [4.78, 5) is 25.0. The van der Waals surface area contributed by atoms with Crippen LogP contribution in [0.15, 0.2) is 24.3 Å². The molecule has 2 atom stereocenters. The normalized spacial score (nSPS) is 21.0. The number of ether oxygens (including phenoxy) is 1. The van der Waals surface area contributed by atoms with Gasteiger partial charge in [-0.2, -0.15) is 5.10 Å². The first-order chi connectivity index (χ1) is 14.5. The highest BCUT2D eigenvalue weighted by Gasteiger charge is 2.28. The van der Waals surface area contributed by atoms with Gasteiger partial charge >= 0.3 is 5.97 Å². The van der Waals surface area contributed by atoms with Crippen molar-refractivity contribution in [2.75, 3.05) is 6.61 Å². The average molecular weight is 413 g/mol. The monoisotopic (exact) mass is 413 g/mol. The highest BCUT2D eigenvalue weighted by molar-refractivity contribution is 5.91. The Hall–Kier alpha value is -2.70. The van der Waals surface area contributed by atoms with Crippen molar-refractivity contribution >= 4 is 11.9 Å². The zero-order valence-corrected chi connectivity index (χ0v) is 17.3. The molecule has 1 amide bonds. The third-order valence-electron chi connectivity index (χ3n) is 6.24. The molecule has 1 fully saturated rings. The van der Waals surface area contributed by atoms with Crippen LogP contribution in [0.2, 0.25) is 0 Å². The van der Waals surface area contributed by atoms with Crippen molar-refractivity contribution in [3.05, 3.63) is 47.0 Å². The second-order valence-corrected chi connectivity index (χ2v) is 8.38. The number of benzene rings is 1. The van der Waals surface area contributed by atoms with Gasteiger partial charge in [-0.05, 0) is 68.7 Å². The molecule has 0 bridgehead atoms. The smallest absolute Gasteiger partial charge is 0.359 e. The van der Waals surface area contributed by atoms with Crippen molar-refractivity contribution in [3.63, 3.8) is 0 Å². The van der Waals surface area contributed by atoms with Gasteiger partial charge < -0.3 is 10.1 Å². The molecule has 6 nitrogen and oxygen atoms in total. The summed E-state index contributed by atoms with van der Waals surface area (Å²) in [6, 6.07) is 6.19. The van der Waals surface area contributed by atoms with Gasteiger partial charge in [0, 0.05) is 17.3 Å². The number of nitrogens with zero attached hydrogens (tertiary/aromatic N) is 2. The zero-order valence-electron chi connectivity index (χ0n) is 17.3. The van der Waals surface area contributed by atoms with Crippen LogP contribution in [-0.4, -0.2) is 34.3 Å². The molecule has 1 saturated carbocycles. The van der Waals surface area contributed by atoms with Gasteiger partial charge in [0.2, 0.25) is 0 Å². The molecule has 2 aromatic rings. The van der Waals surface area contributed by atoms with E-state index >= 15 is 0 Å². The SMILES string of the molecule is CC1CCCCC1NC(=O)COC(=O)c1nn(-c2ccc(F)cc2)c2c1CCCC2. The molecule has 0 radical (unpaired) electrons. The molecule has 1 aromatic heterocycles. The first-order valence-electron chi connectivity index (χ1n) is 10.9. The van der Waals surface area contributed by atoms with Crippen molar-refractivity contribution in [3.8, 4) is 5.69 Å². The number of carbonyl (C=O) groups excluding carboxylic acids is 2. The van der Waals surface area contributed by atoms with Crippen LogP contribution in [0.5, 0.6) is 0 Å². The van der Waals surface area contributed by atoms with Crippen molar-refractivity contribution in [2.24, 2.45) is 5.92 Å². The summed E-state index contributed by atoms with van der Waals surface area (Å²) in [6.07, 6.45) is 7.92. The Morgan fingerprint density at radius 3 is 2.63 bits per heavy atom. The lowest BCUT2D eigenvalue weighted by Gasteiger charge is -2.29. The molecule has 1 heterocycles. The molecule has 1 N–H and O–H groups in total. The van der Waals surface area contributed by atoms with E-state index in [0.717, 1.165) is 56.2 Å². The molecule has 160 valence electrons. The molecule has 2 aliphatic carbocycles. The number of aromatic nitrogens is 2. The number of nitrogens with one attached hydrogen (secondary N) is 1. The lowest BCUT2D eigenvalue weighted by Crippen LogP contribution is -2.42. The lowest BCUT2D eigenvalue weighted by atomic mass is 9.86. The van der Waals surface area contributed by atoms with Crippen molar-refractivity contribution in [1.82, 2.24) is 15.1 Å². The van der Waals surface area contributed by atoms with E-state index in [4.69, 9.17) is 4.74 Å². The molecule has 2 unspecified atom stereocenters. The van der Waals surface area contributed by atoms with Crippen LogP contribution in [0.1, 0.15) is 67.2 Å². The average Bonchev–Trinajstić information content (AvgIpc) is 3.14. The largest absolute Gasteiger partial charge is 0.451 e. The fourth-order valence-electron chi connectivity index (χ4n) is 4.54. The van der Waals surface area contributed by atoms with E-state index < -0.39 is 5.97 Å². The van der Waals surface area contributed by atoms with E-state index in [2.05, 4.69) is 17.3 Å². The van der Waals surface area contributed by atoms with Gasteiger partial charge in [0.25, 0.3) is 5.91 Å². The Labute approximate surface area is 175 Å². The Morgan fingerprint density at radius 2 is 1.87 bits per heavy atom. The quantitative estimate of drug-likeness (QED) is 0.758. The zero-order chi connectivity index (χ0) is 21.1. The number of fused-ring (bicyclic) bond motifs is 1. The van der Waals surface area contributed by atoms with Crippen LogP contribution in [-0.2, 0) is 22.4 Å². The number of amides is 1. The molecular weight excluding hydrogens is 385 g/mol. The maximum atomic E-state index is 13.3. The van der Waals surface area contributed by atoms with Gasteiger partial charge in [0.15, 0.2) is 12.3 Å². The topological polar surface area (TPSA) is 73.2 Å². The van der Waals surface area contributed by atoms with Crippen molar-refractivity contribution in [2.45, 2.75) is 64.3 Å². The van der Waals surface area contributed by atoms with Crippen molar-refractivity contribution in [1.29, 1.82) is 0 Å². The second kappa shape index (κ2) is 8.98. The maximum absolute atomic E-state index is 13.3. The van der Waals surface area contributed by atoms with E-state index in [1.165, 1.54) is 18.6 Å².